The molecular weight excluding hydrogens is 568 g/mol. The van der Waals surface area contributed by atoms with Crippen molar-refractivity contribution in [3.05, 3.63) is 76.1 Å². The van der Waals surface area contributed by atoms with Crippen LogP contribution in [0.4, 0.5) is 10.5 Å². The van der Waals surface area contributed by atoms with E-state index in [2.05, 4.69) is 27.8 Å². The summed E-state index contributed by atoms with van der Waals surface area (Å²) < 4.78 is 5.40. The lowest BCUT2D eigenvalue weighted by Gasteiger charge is -2.39. The number of carbonyl (C=O) groups excluding carboxylic acids is 2. The molecule has 0 aliphatic carbocycles. The fraction of sp³-hybridized carbons (Fsp3) is 0.485. The van der Waals surface area contributed by atoms with Crippen LogP contribution < -0.4 is 16.2 Å². The molecule has 3 aliphatic heterocycles. The molecule has 4 N–H and O–H groups in total. The molecule has 9 nitrogen and oxygen atoms in total. The number of rotatable bonds is 2. The summed E-state index contributed by atoms with van der Waals surface area (Å²) >= 11 is 0. The molecule has 6 rings (SSSR count). The topological polar surface area (TPSA) is 124 Å². The lowest BCUT2D eigenvalue weighted by Crippen LogP contribution is -2.46. The monoisotopic (exact) mass is 610 g/mol. The normalized spacial score (nSPS) is 21.1. The minimum Gasteiger partial charge on any atom is -0.444 e. The number of anilines is 1. The van der Waals surface area contributed by atoms with E-state index in [0.29, 0.717) is 37.5 Å². The van der Waals surface area contributed by atoms with Gasteiger partial charge < -0.3 is 30.4 Å². The van der Waals surface area contributed by atoms with Gasteiger partial charge >= 0.3 is 6.09 Å². The first-order valence-corrected chi connectivity index (χ1v) is 15.0. The summed E-state index contributed by atoms with van der Waals surface area (Å²) in [5.41, 5.74) is 2.89. The minimum atomic E-state index is -0.803. The van der Waals surface area contributed by atoms with Gasteiger partial charge in [-0.05, 0) is 95.0 Å². The number of ether oxygens (including phenoxy) is 1. The van der Waals surface area contributed by atoms with Crippen LogP contribution in [0.5, 0.6) is 0 Å². The molecule has 2 atom stereocenters. The maximum atomic E-state index is 12.5. The van der Waals surface area contributed by atoms with Gasteiger partial charge in [0.05, 0.1) is 12.0 Å². The smallest absolute Gasteiger partial charge is 0.410 e. The summed E-state index contributed by atoms with van der Waals surface area (Å²) in [5, 5.41) is 18.1. The zero-order valence-electron chi connectivity index (χ0n) is 25.1. The van der Waals surface area contributed by atoms with E-state index in [1.807, 2.05) is 57.2 Å². The van der Waals surface area contributed by atoms with Gasteiger partial charge in [0.2, 0.25) is 5.91 Å². The van der Waals surface area contributed by atoms with E-state index in [1.54, 1.807) is 11.0 Å². The van der Waals surface area contributed by atoms with Gasteiger partial charge in [-0.2, -0.15) is 0 Å². The van der Waals surface area contributed by atoms with Crippen LogP contribution in [0.2, 0.25) is 0 Å². The number of nitrogens with one attached hydrogen (secondary N) is 3. The summed E-state index contributed by atoms with van der Waals surface area (Å²) in [6, 6.07) is 17.4. The number of likely N-dealkylation sites (tertiary alicyclic amines) is 1. The number of aliphatic hydroxyl groups excluding tert-OH is 1. The molecule has 2 saturated heterocycles. The molecule has 2 unspecified atom stereocenters. The van der Waals surface area contributed by atoms with E-state index < -0.39 is 17.6 Å². The average molecular weight is 611 g/mol. The van der Waals surface area contributed by atoms with Gasteiger partial charge in [-0.1, -0.05) is 36.4 Å². The number of hydrogen-bond donors (Lipinski definition) is 4. The Morgan fingerprint density at radius 1 is 0.930 bits per heavy atom. The number of pyridine rings is 1. The number of halogens is 1. The Morgan fingerprint density at radius 2 is 1.58 bits per heavy atom. The highest BCUT2D eigenvalue weighted by molar-refractivity contribution is 5.96. The second-order valence-corrected chi connectivity index (χ2v) is 12.5. The molecule has 0 bridgehead atoms. The fourth-order valence-electron chi connectivity index (χ4n) is 6.26. The molecule has 2 fully saturated rings. The van der Waals surface area contributed by atoms with E-state index in [9.17, 15) is 19.5 Å². The first-order chi connectivity index (χ1) is 20.1. The van der Waals surface area contributed by atoms with Crippen molar-refractivity contribution in [2.24, 2.45) is 11.8 Å². The number of amides is 2. The molecule has 2 amide bonds. The molecule has 43 heavy (non-hydrogen) atoms. The average Bonchev–Trinajstić information content (AvgIpc) is 2.97. The molecule has 0 radical (unpaired) electrons. The van der Waals surface area contributed by atoms with E-state index in [-0.39, 0.29) is 35.9 Å². The van der Waals surface area contributed by atoms with Gasteiger partial charge in [0, 0.05) is 35.4 Å². The predicted octanol–water partition coefficient (Wildman–Crippen LogP) is 5.35. The highest BCUT2D eigenvalue weighted by Gasteiger charge is 2.41. The summed E-state index contributed by atoms with van der Waals surface area (Å²) in [4.78, 5) is 41.4. The summed E-state index contributed by atoms with van der Waals surface area (Å²) in [6.45, 7) is 8.64. The Labute approximate surface area is 258 Å². The van der Waals surface area contributed by atoms with Crippen LogP contribution >= 0.6 is 12.4 Å². The molecule has 10 heteroatoms. The van der Waals surface area contributed by atoms with Gasteiger partial charge in [-0.25, -0.2) is 4.79 Å². The SMILES string of the molecule is CC(C)(C)OC(=O)N1CCC(C2C(=O)Nc3ccccc3C2O)CC1.Cl.O=c1[nH]c2ccccc2cc1C1CCNCC1. The third-order valence-electron chi connectivity index (χ3n) is 8.44. The van der Waals surface area contributed by atoms with Gasteiger partial charge in [0.1, 0.15) is 5.60 Å². The molecule has 232 valence electrons. The number of fused-ring (bicyclic) bond motifs is 2. The third-order valence-corrected chi connectivity index (χ3v) is 8.44. The van der Waals surface area contributed by atoms with Crippen LogP contribution in [-0.4, -0.2) is 58.8 Å². The molecular formula is C33H43ClN4O5. The molecule has 1 aromatic heterocycles. The number of H-pyrrole nitrogens is 1. The maximum Gasteiger partial charge on any atom is 0.410 e. The van der Waals surface area contributed by atoms with Crippen molar-refractivity contribution in [2.45, 2.75) is 64.1 Å². The number of nitrogens with zero attached hydrogens (tertiary/aromatic N) is 1. The van der Waals surface area contributed by atoms with E-state index >= 15 is 0 Å². The van der Waals surface area contributed by atoms with E-state index in [1.165, 1.54) is 0 Å². The van der Waals surface area contributed by atoms with Crippen molar-refractivity contribution >= 4 is 41.0 Å². The number of aliphatic hydroxyl groups is 1. The molecule has 0 spiro atoms. The van der Waals surface area contributed by atoms with Crippen LogP contribution in [0.1, 0.15) is 69.6 Å². The molecule has 2 aromatic carbocycles. The largest absolute Gasteiger partial charge is 0.444 e. The van der Waals surface area contributed by atoms with Gasteiger partial charge in [-0.15, -0.1) is 12.4 Å². The molecule has 0 saturated carbocycles. The van der Waals surface area contributed by atoms with Crippen molar-refractivity contribution < 1.29 is 19.4 Å². The number of para-hydroxylation sites is 2. The van der Waals surface area contributed by atoms with E-state index in [4.69, 9.17) is 4.74 Å². The van der Waals surface area contributed by atoms with Gasteiger partial charge in [0.15, 0.2) is 0 Å². The summed E-state index contributed by atoms with van der Waals surface area (Å²) in [7, 11) is 0. The van der Waals surface area contributed by atoms with Crippen molar-refractivity contribution in [3.63, 3.8) is 0 Å². The Hall–Kier alpha value is -3.40. The zero-order chi connectivity index (χ0) is 29.9. The minimum absolute atomic E-state index is 0. The van der Waals surface area contributed by atoms with Crippen LogP contribution in [-0.2, 0) is 9.53 Å². The molecule has 3 aliphatic rings. The predicted molar refractivity (Wildman–Crippen MR) is 171 cm³/mol. The second kappa shape index (κ2) is 13.9. The third kappa shape index (κ3) is 7.77. The summed E-state index contributed by atoms with van der Waals surface area (Å²) in [6.07, 6.45) is 2.35. The maximum absolute atomic E-state index is 12.5. The number of aromatic amines is 1. The highest BCUT2D eigenvalue weighted by atomic mass is 35.5. The number of piperidine rings is 2. The van der Waals surface area contributed by atoms with Crippen molar-refractivity contribution in [2.75, 3.05) is 31.5 Å². The van der Waals surface area contributed by atoms with E-state index in [0.717, 1.165) is 48.0 Å². The molecule has 3 aromatic rings. The van der Waals surface area contributed by atoms with Crippen LogP contribution in [0.25, 0.3) is 10.9 Å². The lowest BCUT2D eigenvalue weighted by molar-refractivity contribution is -0.127. The van der Waals surface area contributed by atoms with Gasteiger partial charge in [0.25, 0.3) is 5.56 Å². The second-order valence-electron chi connectivity index (χ2n) is 12.5. The number of benzene rings is 2. The highest BCUT2D eigenvalue weighted by Crippen LogP contribution is 2.41. The first kappa shape index (κ1) is 32.5. The Kier molecular flexibility index (Phi) is 10.5. The Balaban J connectivity index is 0.000000205. The Morgan fingerprint density at radius 3 is 2.28 bits per heavy atom. The quantitative estimate of drug-likeness (QED) is 0.310. The van der Waals surface area contributed by atoms with Crippen LogP contribution in [0.3, 0.4) is 0 Å². The van der Waals surface area contributed by atoms with Crippen molar-refractivity contribution in [3.8, 4) is 0 Å². The van der Waals surface area contributed by atoms with Crippen molar-refractivity contribution in [1.29, 1.82) is 0 Å². The standard InChI is InChI=1S/C19H26N2O4.C14H16N2O.ClH/c1-19(2,3)25-18(24)21-10-8-12(9-11-21)15-16(22)13-6-4-5-7-14(13)20-17(15)23;17-14-12(10-5-7-15-8-6-10)9-11-3-1-2-4-13(11)16-14;/h4-7,12,15-16,22H,8-11H2,1-3H3,(H,20,23);1-4,9-10,15H,5-8H2,(H,16,17);1H. The van der Waals surface area contributed by atoms with Crippen LogP contribution in [0, 0.1) is 11.8 Å². The van der Waals surface area contributed by atoms with Gasteiger partial charge in [-0.3, -0.25) is 9.59 Å². The first-order valence-electron chi connectivity index (χ1n) is 15.0. The molecule has 4 heterocycles. The Bertz CT molecular complexity index is 1470. The van der Waals surface area contributed by atoms with Crippen molar-refractivity contribution in [1.82, 2.24) is 15.2 Å². The number of hydrogen-bond acceptors (Lipinski definition) is 6. The summed E-state index contributed by atoms with van der Waals surface area (Å²) in [5.74, 6) is -0.163. The number of carbonyl (C=O) groups is 2. The zero-order valence-corrected chi connectivity index (χ0v) is 25.9. The fourth-order valence-corrected chi connectivity index (χ4v) is 6.26. The number of aromatic nitrogens is 1. The lowest BCUT2D eigenvalue weighted by atomic mass is 9.76. The van der Waals surface area contributed by atoms with Crippen LogP contribution in [0.15, 0.2) is 59.4 Å².